The summed E-state index contributed by atoms with van der Waals surface area (Å²) in [5.74, 6) is -1.02. The number of anilines is 1. The van der Waals surface area contributed by atoms with E-state index in [1.807, 2.05) is 0 Å². The number of fused-ring (bicyclic) bond motifs is 2. The zero-order chi connectivity index (χ0) is 18.4. The van der Waals surface area contributed by atoms with Gasteiger partial charge in [-0.25, -0.2) is 13.9 Å². The van der Waals surface area contributed by atoms with Crippen molar-refractivity contribution < 1.29 is 18.0 Å². The van der Waals surface area contributed by atoms with Crippen LogP contribution in [0.15, 0.2) is 21.7 Å². The molecule has 10 heteroatoms. The molecule has 0 saturated heterocycles. The lowest BCUT2D eigenvalue weighted by molar-refractivity contribution is 0.0552. The Morgan fingerprint density at radius 2 is 2.00 bits per heavy atom. The van der Waals surface area contributed by atoms with Crippen LogP contribution in [0, 0.1) is 5.82 Å². The zero-order valence-corrected chi connectivity index (χ0v) is 14.5. The molecule has 0 fully saturated rings. The van der Waals surface area contributed by atoms with Crippen LogP contribution in [0.5, 0.6) is 0 Å². The molecule has 1 aromatic heterocycles. The Morgan fingerprint density at radius 3 is 2.65 bits per heavy atom. The average molecular weight is 383 g/mol. The molecule has 0 bridgehead atoms. The summed E-state index contributed by atoms with van der Waals surface area (Å²) in [6.07, 6.45) is 5.32. The van der Waals surface area contributed by atoms with Crippen molar-refractivity contribution in [1.82, 2.24) is 9.78 Å². The number of alkyl halides is 2. The number of hydrogen-bond acceptors (Lipinski definition) is 2. The summed E-state index contributed by atoms with van der Waals surface area (Å²) in [6.45, 7) is -2.99. The number of carbonyl (C=O) groups is 1. The fourth-order valence-corrected chi connectivity index (χ4v) is 4.19. The predicted molar refractivity (Wildman–Crippen MR) is 90.6 cm³/mol. The Hall–Kier alpha value is -2.20. The summed E-state index contributed by atoms with van der Waals surface area (Å²) >= 11 is 0. The van der Waals surface area contributed by atoms with Gasteiger partial charge in [-0.3, -0.25) is 5.14 Å². The molecule has 1 atom stereocenters. The van der Waals surface area contributed by atoms with Crippen LogP contribution in [0.1, 0.15) is 35.2 Å². The number of amides is 2. The van der Waals surface area contributed by atoms with Crippen molar-refractivity contribution in [2.45, 2.75) is 43.7 Å². The first-order valence-electron chi connectivity index (χ1n) is 8.15. The van der Waals surface area contributed by atoms with Gasteiger partial charge >= 0.3 is 12.6 Å². The Morgan fingerprint density at radius 1 is 1.27 bits per heavy atom. The van der Waals surface area contributed by atoms with E-state index in [0.29, 0.717) is 6.20 Å². The summed E-state index contributed by atoms with van der Waals surface area (Å²) in [7, 11) is -1.76. The normalized spacial score (nSPS) is 16.3. The first-order chi connectivity index (χ1) is 12.4. The minimum absolute atomic E-state index is 0.151. The molecule has 2 aliphatic rings. The molecule has 1 unspecified atom stereocenters. The van der Waals surface area contributed by atoms with Crippen molar-refractivity contribution in [2.24, 2.45) is 9.50 Å². The van der Waals surface area contributed by atoms with Crippen LogP contribution in [0.4, 0.5) is 23.7 Å². The van der Waals surface area contributed by atoms with Gasteiger partial charge < -0.3 is 5.32 Å². The van der Waals surface area contributed by atoms with Gasteiger partial charge in [-0.05, 0) is 54.4 Å². The van der Waals surface area contributed by atoms with Gasteiger partial charge in [-0.2, -0.15) is 13.9 Å². The van der Waals surface area contributed by atoms with Gasteiger partial charge in [0.1, 0.15) is 0 Å². The molecule has 2 aliphatic carbocycles. The average Bonchev–Trinajstić information content (AvgIpc) is 3.16. The molecule has 3 N–H and O–H groups in total. The van der Waals surface area contributed by atoms with Crippen LogP contribution >= 0.6 is 0 Å². The highest BCUT2D eigenvalue weighted by Gasteiger charge is 2.26. The SMILES string of the molecule is NS(=NC(=O)Nc1c2c(cc3c1CC3)CCC2)c1nn(C(F)F)cc1F. The highest BCUT2D eigenvalue weighted by Crippen LogP contribution is 2.39. The summed E-state index contributed by atoms with van der Waals surface area (Å²) in [5.41, 5.74) is 5.49. The molecule has 2 aromatic rings. The lowest BCUT2D eigenvalue weighted by Gasteiger charge is -2.25. The van der Waals surface area contributed by atoms with E-state index in [4.69, 9.17) is 5.14 Å². The molecule has 138 valence electrons. The summed E-state index contributed by atoms with van der Waals surface area (Å²) in [6, 6.07) is 1.48. The van der Waals surface area contributed by atoms with Gasteiger partial charge in [0.05, 0.1) is 6.20 Å². The highest BCUT2D eigenvalue weighted by molar-refractivity contribution is 7.85. The maximum Gasteiger partial charge on any atom is 0.352 e. The fraction of sp³-hybridized carbons (Fsp3) is 0.375. The molecule has 6 nitrogen and oxygen atoms in total. The van der Waals surface area contributed by atoms with E-state index in [0.717, 1.165) is 48.9 Å². The van der Waals surface area contributed by atoms with Crippen molar-refractivity contribution in [3.05, 3.63) is 40.3 Å². The number of urea groups is 1. The Kier molecular flexibility index (Phi) is 4.31. The maximum absolute atomic E-state index is 13.7. The Balaban J connectivity index is 1.59. The third-order valence-corrected chi connectivity index (χ3v) is 5.75. The van der Waals surface area contributed by atoms with Crippen LogP contribution in [0.2, 0.25) is 0 Å². The van der Waals surface area contributed by atoms with Crippen LogP contribution in [-0.2, 0) is 36.6 Å². The number of benzene rings is 1. The van der Waals surface area contributed by atoms with Gasteiger partial charge in [0.2, 0.25) is 0 Å². The zero-order valence-electron chi connectivity index (χ0n) is 13.6. The number of hydrogen-bond donors (Lipinski definition) is 2. The first-order valence-corrected chi connectivity index (χ1v) is 9.39. The van der Waals surface area contributed by atoms with Gasteiger partial charge in [0.15, 0.2) is 10.8 Å². The second-order valence-electron chi connectivity index (χ2n) is 6.26. The molecule has 1 aromatic carbocycles. The van der Waals surface area contributed by atoms with E-state index in [2.05, 4.69) is 20.8 Å². The van der Waals surface area contributed by atoms with Gasteiger partial charge in [0, 0.05) is 16.6 Å². The molecule has 0 aliphatic heterocycles. The van der Waals surface area contributed by atoms with E-state index >= 15 is 0 Å². The second kappa shape index (κ2) is 6.51. The fourth-order valence-electron chi connectivity index (χ4n) is 3.45. The number of rotatable bonds is 3. The van der Waals surface area contributed by atoms with E-state index in [9.17, 15) is 18.0 Å². The molecule has 0 radical (unpaired) electrons. The minimum Gasteiger partial charge on any atom is -0.305 e. The number of nitrogens with one attached hydrogen (secondary N) is 1. The lowest BCUT2D eigenvalue weighted by Crippen LogP contribution is -2.19. The summed E-state index contributed by atoms with van der Waals surface area (Å²) in [4.78, 5) is 12.3. The number of nitrogens with two attached hydrogens (primary N) is 1. The van der Waals surface area contributed by atoms with Gasteiger partial charge in [-0.1, -0.05) is 6.07 Å². The van der Waals surface area contributed by atoms with Crippen LogP contribution in [0.25, 0.3) is 0 Å². The van der Waals surface area contributed by atoms with Crippen LogP contribution in [-0.4, -0.2) is 15.8 Å². The number of aryl methyl sites for hydroxylation is 2. The van der Waals surface area contributed by atoms with Gasteiger partial charge in [0.25, 0.3) is 0 Å². The highest BCUT2D eigenvalue weighted by atomic mass is 32.2. The van der Waals surface area contributed by atoms with Crippen molar-refractivity contribution in [2.75, 3.05) is 5.32 Å². The monoisotopic (exact) mass is 383 g/mol. The van der Waals surface area contributed by atoms with Crippen molar-refractivity contribution >= 4 is 22.6 Å². The predicted octanol–water partition coefficient (Wildman–Crippen LogP) is 3.27. The molecule has 2 amide bonds. The Bertz CT molecular complexity index is 940. The van der Waals surface area contributed by atoms with Crippen LogP contribution in [0.3, 0.4) is 0 Å². The van der Waals surface area contributed by atoms with Crippen LogP contribution < -0.4 is 10.5 Å². The first kappa shape index (κ1) is 17.2. The largest absolute Gasteiger partial charge is 0.352 e. The van der Waals surface area contributed by atoms with Crippen molar-refractivity contribution in [3.8, 4) is 0 Å². The van der Waals surface area contributed by atoms with Gasteiger partial charge in [-0.15, -0.1) is 4.36 Å². The smallest absolute Gasteiger partial charge is 0.305 e. The van der Waals surface area contributed by atoms with E-state index in [-0.39, 0.29) is 4.68 Å². The van der Waals surface area contributed by atoms with Crippen molar-refractivity contribution in [1.29, 1.82) is 0 Å². The van der Waals surface area contributed by atoms with E-state index in [1.54, 1.807) is 0 Å². The second-order valence-corrected chi connectivity index (χ2v) is 7.45. The molecular weight excluding hydrogens is 367 g/mol. The standard InChI is InChI=1S/C16H16F3N5OS/c17-12-7-24(15(18)19)22-14(12)26(20)23-16(25)21-13-10-3-1-2-8(10)6-9-4-5-11(9)13/h6-7,15H,1-5H2,(H3,20,21,23,25). The molecule has 0 saturated carbocycles. The molecule has 1 heterocycles. The molecule has 0 spiro atoms. The molecular formula is C16H16F3N5OS. The number of aromatic nitrogens is 2. The van der Waals surface area contributed by atoms with Crippen molar-refractivity contribution in [3.63, 3.8) is 0 Å². The lowest BCUT2D eigenvalue weighted by atomic mass is 9.83. The Labute approximate surface area is 149 Å². The third kappa shape index (κ3) is 2.92. The quantitative estimate of drug-likeness (QED) is 0.853. The summed E-state index contributed by atoms with van der Waals surface area (Å²) in [5, 5.41) is 11.4. The minimum atomic E-state index is -2.99. The summed E-state index contributed by atoms with van der Waals surface area (Å²) < 4.78 is 42.7. The number of halogens is 3. The maximum atomic E-state index is 13.7. The van der Waals surface area contributed by atoms with E-state index in [1.165, 1.54) is 11.1 Å². The molecule has 26 heavy (non-hydrogen) atoms. The van der Waals surface area contributed by atoms with E-state index < -0.39 is 34.3 Å². The topological polar surface area (TPSA) is 85.3 Å². The number of carbonyl (C=O) groups excluding carboxylic acids is 1. The number of nitrogens with zero attached hydrogens (tertiary/aromatic N) is 3. The third-order valence-electron chi connectivity index (χ3n) is 4.71. The molecule has 4 rings (SSSR count).